The summed E-state index contributed by atoms with van der Waals surface area (Å²) in [5, 5.41) is 8.49. The van der Waals surface area contributed by atoms with E-state index in [4.69, 9.17) is 9.72 Å². The molecule has 8 nitrogen and oxygen atoms in total. The monoisotopic (exact) mass is 495 g/mol. The number of aryl methyl sites for hydroxylation is 1. The Morgan fingerprint density at radius 2 is 2.06 bits per heavy atom. The highest BCUT2D eigenvalue weighted by molar-refractivity contribution is 7.17. The van der Waals surface area contributed by atoms with E-state index in [-0.39, 0.29) is 18.4 Å². The van der Waals surface area contributed by atoms with Crippen molar-refractivity contribution >= 4 is 50.5 Å². The lowest BCUT2D eigenvalue weighted by Crippen LogP contribution is -2.29. The molecule has 2 amide bonds. The Morgan fingerprint density at radius 3 is 2.88 bits per heavy atom. The number of anilines is 1. The highest BCUT2D eigenvalue weighted by Crippen LogP contribution is 2.38. The Balaban J connectivity index is 1.44. The zero-order chi connectivity index (χ0) is 23.5. The standard InChI is InChI=1S/C24H25N5O3S2/c1-32-11-10-25-23(31)21-15-6-2-5-9-19(15)34-24(21)28-20(30)12-29-18-8-4-3-7-16(18)27-22(29)17-13-33-14-26-17/h3-4,7-8,13-14H,2,5-6,9-12H2,1H3,(H,25,31)(H,28,30). The minimum Gasteiger partial charge on any atom is -0.383 e. The molecule has 1 aromatic carbocycles. The van der Waals surface area contributed by atoms with Crippen LogP contribution in [0.25, 0.3) is 22.6 Å². The van der Waals surface area contributed by atoms with Gasteiger partial charge in [-0.05, 0) is 43.4 Å². The molecule has 10 heteroatoms. The first kappa shape index (κ1) is 22.7. The summed E-state index contributed by atoms with van der Waals surface area (Å²) in [5.41, 5.74) is 5.83. The molecule has 3 heterocycles. The smallest absolute Gasteiger partial charge is 0.254 e. The van der Waals surface area contributed by atoms with E-state index in [1.165, 1.54) is 27.6 Å². The molecule has 4 aromatic rings. The fraction of sp³-hybridized carbons (Fsp3) is 0.333. The van der Waals surface area contributed by atoms with Crippen LogP contribution in [0.3, 0.4) is 0 Å². The van der Waals surface area contributed by atoms with Crippen molar-refractivity contribution in [3.05, 3.63) is 51.2 Å². The zero-order valence-corrected chi connectivity index (χ0v) is 20.4. The number of thiophene rings is 1. The lowest BCUT2D eigenvalue weighted by atomic mass is 9.95. The number of rotatable bonds is 8. The van der Waals surface area contributed by atoms with Gasteiger partial charge in [0.2, 0.25) is 5.91 Å². The number of amides is 2. The highest BCUT2D eigenvalue weighted by atomic mass is 32.1. The molecule has 3 aromatic heterocycles. The molecule has 1 aliphatic carbocycles. The number of fused-ring (bicyclic) bond motifs is 2. The van der Waals surface area contributed by atoms with Crippen LogP contribution in [0.5, 0.6) is 0 Å². The molecule has 34 heavy (non-hydrogen) atoms. The normalized spacial score (nSPS) is 13.1. The van der Waals surface area contributed by atoms with E-state index in [2.05, 4.69) is 15.6 Å². The van der Waals surface area contributed by atoms with Crippen molar-refractivity contribution in [1.82, 2.24) is 19.9 Å². The van der Waals surface area contributed by atoms with E-state index in [0.29, 0.717) is 29.5 Å². The van der Waals surface area contributed by atoms with Gasteiger partial charge in [-0.2, -0.15) is 0 Å². The molecule has 0 radical (unpaired) electrons. The number of carbonyl (C=O) groups excluding carboxylic acids is 2. The van der Waals surface area contributed by atoms with E-state index in [0.717, 1.165) is 48.0 Å². The first-order chi connectivity index (χ1) is 16.7. The van der Waals surface area contributed by atoms with E-state index in [1.54, 1.807) is 12.6 Å². The van der Waals surface area contributed by atoms with E-state index < -0.39 is 0 Å². The summed E-state index contributed by atoms with van der Waals surface area (Å²) in [6.45, 7) is 0.929. The summed E-state index contributed by atoms with van der Waals surface area (Å²) in [6, 6.07) is 7.73. The van der Waals surface area contributed by atoms with Crippen LogP contribution in [-0.2, 0) is 28.9 Å². The molecule has 176 valence electrons. The minimum atomic E-state index is -0.204. The first-order valence-corrected chi connectivity index (χ1v) is 13.0. The number of aromatic nitrogens is 3. The maximum atomic E-state index is 13.3. The van der Waals surface area contributed by atoms with Gasteiger partial charge in [0.15, 0.2) is 5.82 Å². The molecule has 0 unspecified atom stereocenters. The van der Waals surface area contributed by atoms with Gasteiger partial charge in [0, 0.05) is 23.9 Å². The van der Waals surface area contributed by atoms with Crippen LogP contribution < -0.4 is 10.6 Å². The third-order valence-corrected chi connectivity index (χ3v) is 7.65. The van der Waals surface area contributed by atoms with Gasteiger partial charge in [-0.1, -0.05) is 12.1 Å². The predicted molar refractivity (Wildman–Crippen MR) is 135 cm³/mol. The van der Waals surface area contributed by atoms with E-state index >= 15 is 0 Å². The average Bonchev–Trinajstić information content (AvgIpc) is 3.56. The second-order valence-electron chi connectivity index (χ2n) is 8.10. The van der Waals surface area contributed by atoms with Crippen molar-refractivity contribution < 1.29 is 14.3 Å². The van der Waals surface area contributed by atoms with Gasteiger partial charge in [-0.3, -0.25) is 9.59 Å². The van der Waals surface area contributed by atoms with Crippen LogP contribution in [0.1, 0.15) is 33.6 Å². The van der Waals surface area contributed by atoms with Crippen LogP contribution in [0.4, 0.5) is 5.00 Å². The van der Waals surface area contributed by atoms with Gasteiger partial charge >= 0.3 is 0 Å². The van der Waals surface area contributed by atoms with Crippen LogP contribution in [0.2, 0.25) is 0 Å². The molecule has 5 rings (SSSR count). The first-order valence-electron chi connectivity index (χ1n) is 11.2. The van der Waals surface area contributed by atoms with Crippen LogP contribution in [-0.4, -0.2) is 46.6 Å². The molecule has 0 aliphatic heterocycles. The fourth-order valence-electron chi connectivity index (χ4n) is 4.31. The number of para-hydroxylation sites is 2. The number of ether oxygens (including phenoxy) is 1. The summed E-state index contributed by atoms with van der Waals surface area (Å²) >= 11 is 3.00. The van der Waals surface area contributed by atoms with Crippen LogP contribution in [0, 0.1) is 0 Å². The number of thiazole rings is 1. The maximum Gasteiger partial charge on any atom is 0.254 e. The SMILES string of the molecule is COCCNC(=O)c1c(NC(=O)Cn2c(-c3cscn3)nc3ccccc32)sc2c1CCCC2. The molecule has 0 saturated heterocycles. The summed E-state index contributed by atoms with van der Waals surface area (Å²) in [6.07, 6.45) is 3.94. The van der Waals surface area contributed by atoms with Gasteiger partial charge < -0.3 is 19.9 Å². The van der Waals surface area contributed by atoms with Crippen molar-refractivity contribution in [2.45, 2.75) is 32.2 Å². The molecule has 2 N–H and O–H groups in total. The fourth-order valence-corrected chi connectivity index (χ4v) is 6.15. The zero-order valence-electron chi connectivity index (χ0n) is 18.8. The number of nitrogens with one attached hydrogen (secondary N) is 2. The number of methoxy groups -OCH3 is 1. The van der Waals surface area contributed by atoms with Crippen LogP contribution in [0.15, 0.2) is 35.2 Å². The third-order valence-electron chi connectivity index (χ3n) is 5.86. The predicted octanol–water partition coefficient (Wildman–Crippen LogP) is 4.12. The van der Waals surface area contributed by atoms with Gasteiger partial charge in [-0.15, -0.1) is 22.7 Å². The summed E-state index contributed by atoms with van der Waals surface area (Å²) in [5.74, 6) is 0.285. The Hall–Kier alpha value is -3.08. The van der Waals surface area contributed by atoms with Gasteiger partial charge in [-0.25, -0.2) is 9.97 Å². The van der Waals surface area contributed by atoms with E-state index in [9.17, 15) is 9.59 Å². The molecule has 0 spiro atoms. The lowest BCUT2D eigenvalue weighted by Gasteiger charge is -2.13. The summed E-state index contributed by atoms with van der Waals surface area (Å²) in [4.78, 5) is 36.6. The number of carbonyl (C=O) groups is 2. The highest BCUT2D eigenvalue weighted by Gasteiger charge is 2.26. The molecule has 1 aliphatic rings. The Labute approximate surface area is 205 Å². The lowest BCUT2D eigenvalue weighted by molar-refractivity contribution is -0.116. The van der Waals surface area contributed by atoms with Crippen molar-refractivity contribution in [2.24, 2.45) is 0 Å². The molecular formula is C24H25N5O3S2. The second-order valence-corrected chi connectivity index (χ2v) is 9.92. The largest absolute Gasteiger partial charge is 0.383 e. The van der Waals surface area contributed by atoms with Crippen molar-refractivity contribution in [1.29, 1.82) is 0 Å². The summed E-state index contributed by atoms with van der Waals surface area (Å²) in [7, 11) is 1.60. The van der Waals surface area contributed by atoms with Crippen molar-refractivity contribution in [2.75, 3.05) is 25.6 Å². The summed E-state index contributed by atoms with van der Waals surface area (Å²) < 4.78 is 6.94. The maximum absolute atomic E-state index is 13.3. The quantitative estimate of drug-likeness (QED) is 0.359. The van der Waals surface area contributed by atoms with Gasteiger partial charge in [0.25, 0.3) is 5.91 Å². The van der Waals surface area contributed by atoms with Gasteiger partial charge in [0.05, 0.1) is 28.7 Å². The van der Waals surface area contributed by atoms with E-state index in [1.807, 2.05) is 34.2 Å². The molecule has 0 atom stereocenters. The molecule has 0 fully saturated rings. The number of benzene rings is 1. The topological polar surface area (TPSA) is 98.1 Å². The Morgan fingerprint density at radius 1 is 1.21 bits per heavy atom. The molecular weight excluding hydrogens is 470 g/mol. The van der Waals surface area contributed by atoms with Crippen LogP contribution >= 0.6 is 22.7 Å². The second kappa shape index (κ2) is 10.0. The average molecular weight is 496 g/mol. The Bertz CT molecular complexity index is 1330. The minimum absolute atomic E-state index is 0.0701. The molecule has 0 bridgehead atoms. The third kappa shape index (κ3) is 4.48. The Kier molecular flexibility index (Phi) is 6.70. The van der Waals surface area contributed by atoms with Crippen molar-refractivity contribution in [3.8, 4) is 11.5 Å². The molecule has 0 saturated carbocycles. The number of hydrogen-bond donors (Lipinski definition) is 2. The number of hydrogen-bond acceptors (Lipinski definition) is 7. The van der Waals surface area contributed by atoms with Gasteiger partial charge in [0.1, 0.15) is 17.2 Å². The number of imidazole rings is 1. The van der Waals surface area contributed by atoms with Crippen molar-refractivity contribution in [3.63, 3.8) is 0 Å². The number of nitrogens with zero attached hydrogens (tertiary/aromatic N) is 3.